The molecule has 0 saturated carbocycles. The molecule has 2 N–H and O–H groups in total. The maximum absolute atomic E-state index is 12.9. The number of aromatic nitrogens is 2. The largest absolute Gasteiger partial charge is 0.493 e. The normalized spacial score (nSPS) is 18.7. The summed E-state index contributed by atoms with van der Waals surface area (Å²) < 4.78 is 10.6. The van der Waals surface area contributed by atoms with Gasteiger partial charge in [0.15, 0.2) is 11.5 Å². The molecule has 0 radical (unpaired) electrons. The zero-order valence-electron chi connectivity index (χ0n) is 15.9. The molecule has 144 valence electrons. The monoisotopic (exact) mass is 370 g/mol. The average Bonchev–Trinajstić information content (AvgIpc) is 3.38. The minimum Gasteiger partial charge on any atom is -0.493 e. The summed E-state index contributed by atoms with van der Waals surface area (Å²) in [5.41, 5.74) is 2.51. The molecule has 1 aromatic carbocycles. The first-order valence-corrected chi connectivity index (χ1v) is 9.42. The second-order valence-corrected chi connectivity index (χ2v) is 7.46. The van der Waals surface area contributed by atoms with Gasteiger partial charge in [0.25, 0.3) is 5.91 Å². The lowest BCUT2D eigenvalue weighted by molar-refractivity contribution is 0.0602. The van der Waals surface area contributed by atoms with Gasteiger partial charge in [-0.3, -0.25) is 9.89 Å². The van der Waals surface area contributed by atoms with E-state index in [9.17, 15) is 4.79 Å². The molecule has 2 saturated heterocycles. The lowest BCUT2D eigenvalue weighted by atomic mass is 9.78. The Labute approximate surface area is 159 Å². The summed E-state index contributed by atoms with van der Waals surface area (Å²) in [5.74, 6) is 1.32. The molecule has 2 fully saturated rings. The fraction of sp³-hybridized carbons (Fsp3) is 0.500. The van der Waals surface area contributed by atoms with Gasteiger partial charge in [-0.15, -0.1) is 0 Å². The second kappa shape index (κ2) is 7.23. The predicted octanol–water partition coefficient (Wildman–Crippen LogP) is 2.31. The molecule has 0 unspecified atom stereocenters. The first-order valence-electron chi connectivity index (χ1n) is 9.42. The number of benzene rings is 1. The van der Waals surface area contributed by atoms with Crippen molar-refractivity contribution in [1.82, 2.24) is 20.4 Å². The van der Waals surface area contributed by atoms with E-state index in [2.05, 4.69) is 15.5 Å². The van der Waals surface area contributed by atoms with E-state index in [1.165, 1.54) is 6.42 Å². The van der Waals surface area contributed by atoms with E-state index < -0.39 is 0 Å². The third-order valence-corrected chi connectivity index (χ3v) is 5.93. The molecule has 7 heteroatoms. The van der Waals surface area contributed by atoms with Gasteiger partial charge >= 0.3 is 0 Å². The number of nitrogens with one attached hydrogen (secondary N) is 2. The van der Waals surface area contributed by atoms with Crippen LogP contribution in [0.3, 0.4) is 0 Å². The van der Waals surface area contributed by atoms with Crippen molar-refractivity contribution < 1.29 is 14.3 Å². The standard InChI is InChI=1S/C20H26N4O3/c1-26-17-4-3-14(11-18(17)27-2)15-12-16(23-22-15)19(25)24-9-6-20(7-10-24)5-8-21-13-20/h3-4,11-12,21H,5-10,13H2,1-2H3,(H,22,23). The van der Waals surface area contributed by atoms with Crippen LogP contribution in [0.5, 0.6) is 11.5 Å². The molecule has 2 aromatic rings. The summed E-state index contributed by atoms with van der Waals surface area (Å²) in [7, 11) is 3.21. The minimum atomic E-state index is 0.0232. The maximum Gasteiger partial charge on any atom is 0.271 e. The van der Waals surface area contributed by atoms with Gasteiger partial charge in [-0.25, -0.2) is 0 Å². The zero-order chi connectivity index (χ0) is 18.9. The van der Waals surface area contributed by atoms with Gasteiger partial charge in [0.1, 0.15) is 5.69 Å². The molecule has 1 spiro atoms. The number of aromatic amines is 1. The summed E-state index contributed by atoms with van der Waals surface area (Å²) in [6.45, 7) is 3.81. The summed E-state index contributed by atoms with van der Waals surface area (Å²) in [5, 5.41) is 10.7. The molecule has 0 atom stereocenters. The van der Waals surface area contributed by atoms with E-state index in [-0.39, 0.29) is 5.91 Å². The Balaban J connectivity index is 1.47. The van der Waals surface area contributed by atoms with Gasteiger partial charge in [-0.1, -0.05) is 0 Å². The van der Waals surface area contributed by atoms with Crippen LogP contribution >= 0.6 is 0 Å². The SMILES string of the molecule is COc1ccc(-c2cc(C(=O)N3CCC4(CCNC4)CC3)[nH]n2)cc1OC. The van der Waals surface area contributed by atoms with Crippen LogP contribution in [0.15, 0.2) is 24.3 Å². The van der Waals surface area contributed by atoms with E-state index in [0.717, 1.165) is 44.6 Å². The number of rotatable bonds is 4. The van der Waals surface area contributed by atoms with Crippen LogP contribution < -0.4 is 14.8 Å². The topological polar surface area (TPSA) is 79.5 Å². The van der Waals surface area contributed by atoms with Crippen molar-refractivity contribution in [3.63, 3.8) is 0 Å². The number of carbonyl (C=O) groups excluding carboxylic acids is 1. The van der Waals surface area contributed by atoms with E-state index in [1.807, 2.05) is 29.2 Å². The third kappa shape index (κ3) is 3.39. The second-order valence-electron chi connectivity index (χ2n) is 7.46. The molecular weight excluding hydrogens is 344 g/mol. The quantitative estimate of drug-likeness (QED) is 0.863. The van der Waals surface area contributed by atoms with Gasteiger partial charge in [0.2, 0.25) is 0 Å². The lowest BCUT2D eigenvalue weighted by Gasteiger charge is -2.38. The highest BCUT2D eigenvalue weighted by atomic mass is 16.5. The van der Waals surface area contributed by atoms with Crippen LogP contribution in [0.4, 0.5) is 0 Å². The molecule has 27 heavy (non-hydrogen) atoms. The van der Waals surface area contributed by atoms with E-state index >= 15 is 0 Å². The number of nitrogens with zero attached hydrogens (tertiary/aromatic N) is 2. The van der Waals surface area contributed by atoms with Crippen molar-refractivity contribution in [2.24, 2.45) is 5.41 Å². The number of hydrogen-bond donors (Lipinski definition) is 2. The summed E-state index contributed by atoms with van der Waals surface area (Å²) in [6, 6.07) is 7.42. The maximum atomic E-state index is 12.9. The predicted molar refractivity (Wildman–Crippen MR) is 102 cm³/mol. The Morgan fingerprint density at radius 1 is 1.11 bits per heavy atom. The van der Waals surface area contributed by atoms with Gasteiger partial charge < -0.3 is 19.7 Å². The van der Waals surface area contributed by atoms with Crippen molar-refractivity contribution in [2.45, 2.75) is 19.3 Å². The molecule has 7 nitrogen and oxygen atoms in total. The van der Waals surface area contributed by atoms with Crippen molar-refractivity contribution >= 4 is 5.91 Å². The Morgan fingerprint density at radius 2 is 1.89 bits per heavy atom. The number of ether oxygens (including phenoxy) is 2. The Morgan fingerprint density at radius 3 is 2.56 bits per heavy atom. The van der Waals surface area contributed by atoms with Crippen LogP contribution in [-0.4, -0.2) is 61.4 Å². The molecule has 3 heterocycles. The number of amides is 1. The highest BCUT2D eigenvalue weighted by molar-refractivity contribution is 5.93. The number of H-pyrrole nitrogens is 1. The number of carbonyl (C=O) groups is 1. The number of likely N-dealkylation sites (tertiary alicyclic amines) is 1. The lowest BCUT2D eigenvalue weighted by Crippen LogP contribution is -2.44. The third-order valence-electron chi connectivity index (χ3n) is 5.93. The fourth-order valence-electron chi connectivity index (χ4n) is 4.15. The molecule has 1 amide bonds. The minimum absolute atomic E-state index is 0.0232. The van der Waals surface area contributed by atoms with Crippen molar-refractivity contribution in [3.05, 3.63) is 30.0 Å². The van der Waals surface area contributed by atoms with Gasteiger partial charge in [-0.05, 0) is 55.5 Å². The fourth-order valence-corrected chi connectivity index (χ4v) is 4.15. The smallest absolute Gasteiger partial charge is 0.271 e. The van der Waals surface area contributed by atoms with E-state index in [0.29, 0.717) is 28.3 Å². The van der Waals surface area contributed by atoms with Crippen LogP contribution in [0, 0.1) is 5.41 Å². The van der Waals surface area contributed by atoms with Gasteiger partial charge in [-0.2, -0.15) is 5.10 Å². The number of hydrogen-bond acceptors (Lipinski definition) is 5. The molecule has 4 rings (SSSR count). The summed E-state index contributed by atoms with van der Waals surface area (Å²) in [4.78, 5) is 14.8. The Hall–Kier alpha value is -2.54. The summed E-state index contributed by atoms with van der Waals surface area (Å²) >= 11 is 0. The van der Waals surface area contributed by atoms with Crippen LogP contribution in [0.2, 0.25) is 0 Å². The number of piperidine rings is 1. The first kappa shape index (κ1) is 17.9. The van der Waals surface area contributed by atoms with Gasteiger partial charge in [0, 0.05) is 25.2 Å². The Kier molecular flexibility index (Phi) is 4.78. The molecule has 0 bridgehead atoms. The highest BCUT2D eigenvalue weighted by Gasteiger charge is 2.38. The molecule has 1 aromatic heterocycles. The van der Waals surface area contributed by atoms with Crippen LogP contribution in [0.25, 0.3) is 11.3 Å². The van der Waals surface area contributed by atoms with Crippen molar-refractivity contribution in [2.75, 3.05) is 40.4 Å². The van der Waals surface area contributed by atoms with Gasteiger partial charge in [0.05, 0.1) is 19.9 Å². The Bertz CT molecular complexity index is 816. The van der Waals surface area contributed by atoms with E-state index in [4.69, 9.17) is 9.47 Å². The average molecular weight is 370 g/mol. The van der Waals surface area contributed by atoms with E-state index in [1.54, 1.807) is 14.2 Å². The molecule has 2 aliphatic heterocycles. The number of methoxy groups -OCH3 is 2. The molecule has 2 aliphatic rings. The first-order chi connectivity index (χ1) is 13.1. The highest BCUT2D eigenvalue weighted by Crippen LogP contribution is 2.37. The summed E-state index contributed by atoms with van der Waals surface area (Å²) in [6.07, 6.45) is 3.37. The van der Waals surface area contributed by atoms with Crippen LogP contribution in [0.1, 0.15) is 29.8 Å². The molecule has 0 aliphatic carbocycles. The van der Waals surface area contributed by atoms with Crippen molar-refractivity contribution in [3.8, 4) is 22.8 Å². The molecular formula is C20H26N4O3. The van der Waals surface area contributed by atoms with Crippen LogP contribution in [-0.2, 0) is 0 Å². The van der Waals surface area contributed by atoms with Crippen molar-refractivity contribution in [1.29, 1.82) is 0 Å². The zero-order valence-corrected chi connectivity index (χ0v) is 15.9.